The van der Waals surface area contributed by atoms with E-state index in [4.69, 9.17) is 15.2 Å². The van der Waals surface area contributed by atoms with Crippen molar-refractivity contribution in [3.05, 3.63) is 44.6 Å². The minimum atomic E-state index is -0.600. The topological polar surface area (TPSA) is 132 Å². The smallest absolute Gasteiger partial charge is 0.330 e. The van der Waals surface area contributed by atoms with Crippen molar-refractivity contribution in [2.45, 2.75) is 40.8 Å². The van der Waals surface area contributed by atoms with Gasteiger partial charge in [0.1, 0.15) is 11.5 Å². The summed E-state index contributed by atoms with van der Waals surface area (Å²) in [5.74, 6) is 1.41. The summed E-state index contributed by atoms with van der Waals surface area (Å²) in [6.07, 6.45) is 0. The third-order valence-electron chi connectivity index (χ3n) is 4.92. The molecule has 0 atom stereocenters. The fraction of sp³-hybridized carbons (Fsp3) is 0.500. The van der Waals surface area contributed by atoms with Crippen molar-refractivity contribution >= 4 is 17.4 Å². The Morgan fingerprint density at radius 3 is 2.59 bits per heavy atom. The summed E-state index contributed by atoms with van der Waals surface area (Å²) >= 11 is 0. The molecule has 32 heavy (non-hydrogen) atoms. The monoisotopic (exact) mass is 445 g/mol. The SMILES string of the molecule is CC(C)CN(CC(=O)NCc1ccc2c(c1)OCO2)c1c(N)n(CC(C)C)c(=O)[nH]c1=O. The van der Waals surface area contributed by atoms with Gasteiger partial charge in [-0.15, -0.1) is 0 Å². The second-order valence-electron chi connectivity index (χ2n) is 8.74. The molecule has 2 heterocycles. The highest BCUT2D eigenvalue weighted by molar-refractivity contribution is 5.82. The fourth-order valence-corrected chi connectivity index (χ4v) is 3.59. The first-order valence-corrected chi connectivity index (χ1v) is 10.7. The van der Waals surface area contributed by atoms with Crippen molar-refractivity contribution in [2.24, 2.45) is 11.8 Å². The zero-order valence-corrected chi connectivity index (χ0v) is 18.9. The van der Waals surface area contributed by atoms with E-state index < -0.39 is 11.2 Å². The number of rotatable bonds is 9. The van der Waals surface area contributed by atoms with Crippen LogP contribution < -0.4 is 36.7 Å². The molecule has 4 N–H and O–H groups in total. The molecule has 0 saturated carbocycles. The van der Waals surface area contributed by atoms with Crippen molar-refractivity contribution in [2.75, 3.05) is 30.5 Å². The summed E-state index contributed by atoms with van der Waals surface area (Å²) in [6, 6.07) is 5.47. The second kappa shape index (κ2) is 9.80. The van der Waals surface area contributed by atoms with Crippen molar-refractivity contribution < 1.29 is 14.3 Å². The van der Waals surface area contributed by atoms with E-state index in [2.05, 4.69) is 10.3 Å². The quantitative estimate of drug-likeness (QED) is 0.530. The summed E-state index contributed by atoms with van der Waals surface area (Å²) in [6.45, 7) is 9.05. The fourth-order valence-electron chi connectivity index (χ4n) is 3.59. The number of amides is 1. The van der Waals surface area contributed by atoms with Crippen LogP contribution in [-0.2, 0) is 17.9 Å². The van der Waals surface area contributed by atoms with E-state index >= 15 is 0 Å². The molecule has 2 aromatic rings. The van der Waals surface area contributed by atoms with Gasteiger partial charge in [-0.3, -0.25) is 19.1 Å². The lowest BCUT2D eigenvalue weighted by Gasteiger charge is -2.27. The minimum Gasteiger partial charge on any atom is -0.454 e. The molecule has 0 unspecified atom stereocenters. The Morgan fingerprint density at radius 1 is 1.19 bits per heavy atom. The number of carbonyl (C=O) groups excluding carboxylic acids is 1. The molecule has 0 saturated heterocycles. The van der Waals surface area contributed by atoms with Crippen LogP contribution in [0.4, 0.5) is 11.5 Å². The summed E-state index contributed by atoms with van der Waals surface area (Å²) in [4.78, 5) is 41.6. The number of H-pyrrole nitrogens is 1. The van der Waals surface area contributed by atoms with Crippen LogP contribution >= 0.6 is 0 Å². The predicted molar refractivity (Wildman–Crippen MR) is 122 cm³/mol. The molecule has 1 amide bonds. The van der Waals surface area contributed by atoms with Crippen LogP contribution in [-0.4, -0.2) is 35.3 Å². The van der Waals surface area contributed by atoms with Crippen LogP contribution in [0.3, 0.4) is 0 Å². The Bertz CT molecular complexity index is 1090. The van der Waals surface area contributed by atoms with Gasteiger partial charge in [-0.2, -0.15) is 0 Å². The molecular formula is C22H31N5O5. The second-order valence-corrected chi connectivity index (χ2v) is 8.74. The number of benzene rings is 1. The molecule has 10 nitrogen and oxygen atoms in total. The molecule has 1 aromatic heterocycles. The number of nitrogens with one attached hydrogen (secondary N) is 2. The summed E-state index contributed by atoms with van der Waals surface area (Å²) in [5, 5.41) is 2.86. The molecule has 10 heteroatoms. The number of carbonyl (C=O) groups is 1. The molecule has 174 valence electrons. The molecule has 1 aliphatic heterocycles. The number of fused-ring (bicyclic) bond motifs is 1. The van der Waals surface area contributed by atoms with Crippen LogP contribution in [0.5, 0.6) is 11.5 Å². The molecule has 0 fully saturated rings. The Labute approximate surface area is 186 Å². The van der Waals surface area contributed by atoms with Gasteiger partial charge in [0.25, 0.3) is 5.56 Å². The first-order valence-electron chi connectivity index (χ1n) is 10.7. The zero-order valence-electron chi connectivity index (χ0n) is 18.9. The van der Waals surface area contributed by atoms with Gasteiger partial charge in [0.05, 0.1) is 6.54 Å². The van der Waals surface area contributed by atoms with Gasteiger partial charge >= 0.3 is 5.69 Å². The average Bonchev–Trinajstić information content (AvgIpc) is 3.16. The van der Waals surface area contributed by atoms with E-state index in [1.54, 1.807) is 11.0 Å². The van der Waals surface area contributed by atoms with Crippen LogP contribution in [0.25, 0.3) is 0 Å². The van der Waals surface area contributed by atoms with Crippen LogP contribution in [0.2, 0.25) is 0 Å². The highest BCUT2D eigenvalue weighted by atomic mass is 16.7. The number of nitrogen functional groups attached to an aromatic ring is 1. The van der Waals surface area contributed by atoms with Crippen LogP contribution in [0.1, 0.15) is 33.3 Å². The third-order valence-corrected chi connectivity index (χ3v) is 4.92. The lowest BCUT2D eigenvalue weighted by atomic mass is 10.2. The highest BCUT2D eigenvalue weighted by Gasteiger charge is 2.22. The van der Waals surface area contributed by atoms with E-state index in [0.717, 1.165) is 5.56 Å². The highest BCUT2D eigenvalue weighted by Crippen LogP contribution is 2.32. The van der Waals surface area contributed by atoms with E-state index in [1.165, 1.54) is 4.57 Å². The maximum absolute atomic E-state index is 12.7. The predicted octanol–water partition coefficient (Wildman–Crippen LogP) is 1.28. The number of aromatic nitrogens is 2. The number of aromatic amines is 1. The third kappa shape index (κ3) is 5.43. The Morgan fingerprint density at radius 2 is 1.91 bits per heavy atom. The van der Waals surface area contributed by atoms with Gasteiger partial charge < -0.3 is 25.4 Å². The molecule has 0 radical (unpaired) electrons. The molecule has 1 aliphatic rings. The molecule has 0 spiro atoms. The standard InChI is InChI=1S/C22H31N5O5/c1-13(2)9-26(19-20(23)27(10-14(3)4)22(30)25-21(19)29)11-18(28)24-8-15-5-6-16-17(7-15)32-12-31-16/h5-7,13-14H,8-12,23H2,1-4H3,(H,24,28)(H,25,29,30). The van der Waals surface area contributed by atoms with Gasteiger partial charge in [0.15, 0.2) is 11.5 Å². The Kier molecular flexibility index (Phi) is 7.12. The van der Waals surface area contributed by atoms with E-state index in [-0.39, 0.29) is 42.6 Å². The molecule has 0 aliphatic carbocycles. The zero-order chi connectivity index (χ0) is 23.4. The number of hydrogen-bond donors (Lipinski definition) is 3. The van der Waals surface area contributed by atoms with Crippen LogP contribution in [0, 0.1) is 11.8 Å². The van der Waals surface area contributed by atoms with E-state index in [9.17, 15) is 14.4 Å². The van der Waals surface area contributed by atoms with Crippen molar-refractivity contribution in [3.8, 4) is 11.5 Å². The maximum Gasteiger partial charge on any atom is 0.330 e. The molecule has 1 aromatic carbocycles. The number of nitrogens with two attached hydrogens (primary N) is 1. The van der Waals surface area contributed by atoms with Gasteiger partial charge in [-0.05, 0) is 29.5 Å². The normalized spacial score (nSPS) is 12.4. The molecule has 0 bridgehead atoms. The molecular weight excluding hydrogens is 414 g/mol. The van der Waals surface area contributed by atoms with Gasteiger partial charge in [-0.1, -0.05) is 33.8 Å². The van der Waals surface area contributed by atoms with Crippen molar-refractivity contribution in [3.63, 3.8) is 0 Å². The Hall–Kier alpha value is -3.43. The lowest BCUT2D eigenvalue weighted by Crippen LogP contribution is -2.44. The van der Waals surface area contributed by atoms with Gasteiger partial charge in [-0.25, -0.2) is 4.79 Å². The van der Waals surface area contributed by atoms with Crippen molar-refractivity contribution in [1.29, 1.82) is 0 Å². The summed E-state index contributed by atoms with van der Waals surface area (Å²) in [5.41, 5.74) is 6.09. The minimum absolute atomic E-state index is 0.0664. The largest absolute Gasteiger partial charge is 0.454 e. The van der Waals surface area contributed by atoms with Gasteiger partial charge in [0.2, 0.25) is 12.7 Å². The number of anilines is 2. The summed E-state index contributed by atoms with van der Waals surface area (Å²) in [7, 11) is 0. The lowest BCUT2D eigenvalue weighted by molar-refractivity contribution is -0.119. The number of ether oxygens (including phenoxy) is 2. The van der Waals surface area contributed by atoms with Crippen LogP contribution in [0.15, 0.2) is 27.8 Å². The molecule has 3 rings (SSSR count). The summed E-state index contributed by atoms with van der Waals surface area (Å²) < 4.78 is 12.0. The van der Waals surface area contributed by atoms with E-state index in [1.807, 2.05) is 39.8 Å². The first-order chi connectivity index (χ1) is 15.2. The van der Waals surface area contributed by atoms with E-state index in [0.29, 0.717) is 31.1 Å². The van der Waals surface area contributed by atoms with Gasteiger partial charge in [0, 0.05) is 19.6 Å². The first kappa shape index (κ1) is 23.2. The van der Waals surface area contributed by atoms with Crippen molar-refractivity contribution in [1.82, 2.24) is 14.9 Å². The number of hydrogen-bond acceptors (Lipinski definition) is 7. The number of nitrogens with zero attached hydrogens (tertiary/aromatic N) is 2. The average molecular weight is 446 g/mol. The Balaban J connectivity index is 1.78. The maximum atomic E-state index is 12.7.